The molecule has 0 radical (unpaired) electrons. The van der Waals surface area contributed by atoms with E-state index in [1.165, 1.54) is 6.20 Å². The summed E-state index contributed by atoms with van der Waals surface area (Å²) >= 11 is 0. The summed E-state index contributed by atoms with van der Waals surface area (Å²) in [4.78, 5) is 14.4. The van der Waals surface area contributed by atoms with E-state index in [0.717, 1.165) is 25.1 Å². The largest absolute Gasteiger partial charge is 0.339 e. The van der Waals surface area contributed by atoms with Crippen LogP contribution in [0.2, 0.25) is 0 Å². The maximum Gasteiger partial charge on any atom is 0.227 e. The highest BCUT2D eigenvalue weighted by atomic mass is 19.1. The summed E-state index contributed by atoms with van der Waals surface area (Å²) in [6, 6.07) is 5.42. The number of halogens is 1. The van der Waals surface area contributed by atoms with Gasteiger partial charge in [0, 0.05) is 55.8 Å². The molecule has 1 aliphatic heterocycles. The standard InChI is InChI=1S/C17H16FN5O/c18-15-8-20-6-3-14(15)11-23-9-12(10-23)7-16-21-17(22-24-16)13-1-4-19-5-2-13/h1-6,8,12H,7,9-11H2. The Labute approximate surface area is 138 Å². The van der Waals surface area contributed by atoms with Crippen molar-refractivity contribution in [3.63, 3.8) is 0 Å². The smallest absolute Gasteiger partial charge is 0.227 e. The first-order valence-corrected chi connectivity index (χ1v) is 7.81. The van der Waals surface area contributed by atoms with E-state index in [-0.39, 0.29) is 5.82 Å². The summed E-state index contributed by atoms with van der Waals surface area (Å²) < 4.78 is 18.9. The Morgan fingerprint density at radius 1 is 1.12 bits per heavy atom. The molecule has 1 saturated heterocycles. The van der Waals surface area contributed by atoms with E-state index in [1.807, 2.05) is 12.1 Å². The molecule has 3 aromatic rings. The van der Waals surface area contributed by atoms with Gasteiger partial charge in [-0.15, -0.1) is 0 Å². The second-order valence-electron chi connectivity index (χ2n) is 5.98. The lowest BCUT2D eigenvalue weighted by Gasteiger charge is -2.38. The van der Waals surface area contributed by atoms with Crippen LogP contribution in [0.4, 0.5) is 4.39 Å². The lowest BCUT2D eigenvalue weighted by molar-refractivity contribution is 0.0854. The number of hydrogen-bond acceptors (Lipinski definition) is 6. The fourth-order valence-corrected chi connectivity index (χ4v) is 2.91. The molecule has 0 amide bonds. The minimum absolute atomic E-state index is 0.250. The Bertz CT molecular complexity index is 817. The summed E-state index contributed by atoms with van der Waals surface area (Å²) in [6.45, 7) is 2.40. The first-order chi connectivity index (χ1) is 11.8. The molecule has 7 heteroatoms. The number of pyridine rings is 2. The molecule has 4 heterocycles. The fourth-order valence-electron chi connectivity index (χ4n) is 2.91. The van der Waals surface area contributed by atoms with Gasteiger partial charge in [-0.3, -0.25) is 14.9 Å². The SMILES string of the molecule is Fc1cnccc1CN1CC(Cc2nc(-c3ccncc3)no2)C1. The van der Waals surface area contributed by atoms with E-state index in [9.17, 15) is 4.39 Å². The normalized spacial score (nSPS) is 15.4. The van der Waals surface area contributed by atoms with Crippen LogP contribution < -0.4 is 0 Å². The predicted molar refractivity (Wildman–Crippen MR) is 84.2 cm³/mol. The van der Waals surface area contributed by atoms with Gasteiger partial charge in [-0.2, -0.15) is 4.98 Å². The van der Waals surface area contributed by atoms with Crippen molar-refractivity contribution in [2.45, 2.75) is 13.0 Å². The lowest BCUT2D eigenvalue weighted by Crippen LogP contribution is -2.47. The molecule has 0 unspecified atom stereocenters. The summed E-state index contributed by atoms with van der Waals surface area (Å²) in [6.07, 6.45) is 7.02. The summed E-state index contributed by atoms with van der Waals surface area (Å²) in [5.74, 6) is 1.43. The Hall–Kier alpha value is -2.67. The quantitative estimate of drug-likeness (QED) is 0.717. The summed E-state index contributed by atoms with van der Waals surface area (Å²) in [5, 5.41) is 4.01. The van der Waals surface area contributed by atoms with E-state index in [4.69, 9.17) is 4.52 Å². The molecular formula is C17H16FN5O. The highest BCUT2D eigenvalue weighted by Crippen LogP contribution is 2.23. The van der Waals surface area contributed by atoms with Gasteiger partial charge in [0.05, 0.1) is 6.20 Å². The van der Waals surface area contributed by atoms with Crippen molar-refractivity contribution < 1.29 is 8.91 Å². The van der Waals surface area contributed by atoms with Gasteiger partial charge < -0.3 is 4.52 Å². The zero-order valence-corrected chi connectivity index (χ0v) is 13.0. The van der Waals surface area contributed by atoms with Gasteiger partial charge >= 0.3 is 0 Å². The highest BCUT2D eigenvalue weighted by molar-refractivity contribution is 5.52. The number of likely N-dealkylation sites (tertiary alicyclic amines) is 1. The monoisotopic (exact) mass is 325 g/mol. The second kappa shape index (κ2) is 6.45. The van der Waals surface area contributed by atoms with Crippen molar-refractivity contribution in [2.24, 2.45) is 5.92 Å². The first kappa shape index (κ1) is 14.9. The molecule has 0 bridgehead atoms. The molecule has 1 aliphatic rings. The van der Waals surface area contributed by atoms with Crippen LogP contribution in [0.1, 0.15) is 11.5 Å². The van der Waals surface area contributed by atoms with Crippen molar-refractivity contribution in [3.8, 4) is 11.4 Å². The lowest BCUT2D eigenvalue weighted by atomic mass is 9.95. The number of rotatable bonds is 5. The van der Waals surface area contributed by atoms with E-state index in [0.29, 0.717) is 29.7 Å². The molecule has 3 aromatic heterocycles. The fraction of sp³-hybridized carbons (Fsp3) is 0.294. The van der Waals surface area contributed by atoms with Crippen molar-refractivity contribution in [1.29, 1.82) is 0 Å². The molecule has 0 N–H and O–H groups in total. The van der Waals surface area contributed by atoms with Crippen LogP contribution in [-0.4, -0.2) is 38.1 Å². The molecule has 4 rings (SSSR count). The van der Waals surface area contributed by atoms with Gasteiger partial charge in [0.15, 0.2) is 0 Å². The maximum atomic E-state index is 13.6. The molecule has 0 aromatic carbocycles. The van der Waals surface area contributed by atoms with Crippen LogP contribution >= 0.6 is 0 Å². The Kier molecular flexibility index (Phi) is 4.00. The van der Waals surface area contributed by atoms with E-state index < -0.39 is 0 Å². The Balaban J connectivity index is 1.31. The topological polar surface area (TPSA) is 67.9 Å². The van der Waals surface area contributed by atoms with Crippen LogP contribution in [0.25, 0.3) is 11.4 Å². The third-order valence-corrected chi connectivity index (χ3v) is 4.15. The average molecular weight is 325 g/mol. The van der Waals surface area contributed by atoms with Gasteiger partial charge in [-0.05, 0) is 24.1 Å². The van der Waals surface area contributed by atoms with Crippen molar-refractivity contribution in [1.82, 2.24) is 25.0 Å². The van der Waals surface area contributed by atoms with Gasteiger partial charge in [0.25, 0.3) is 0 Å². The van der Waals surface area contributed by atoms with Crippen molar-refractivity contribution >= 4 is 0 Å². The highest BCUT2D eigenvalue weighted by Gasteiger charge is 2.29. The zero-order valence-electron chi connectivity index (χ0n) is 13.0. The van der Waals surface area contributed by atoms with Crippen molar-refractivity contribution in [3.05, 3.63) is 60.3 Å². The van der Waals surface area contributed by atoms with Crippen LogP contribution in [0.5, 0.6) is 0 Å². The zero-order chi connectivity index (χ0) is 16.4. The summed E-state index contributed by atoms with van der Waals surface area (Å²) in [7, 11) is 0. The Morgan fingerprint density at radius 3 is 2.71 bits per heavy atom. The van der Waals surface area contributed by atoms with E-state index in [2.05, 4.69) is 25.0 Å². The molecule has 0 atom stereocenters. The second-order valence-corrected chi connectivity index (χ2v) is 5.98. The van der Waals surface area contributed by atoms with Crippen molar-refractivity contribution in [2.75, 3.05) is 13.1 Å². The molecule has 6 nitrogen and oxygen atoms in total. The van der Waals surface area contributed by atoms with Crippen LogP contribution in [0.3, 0.4) is 0 Å². The van der Waals surface area contributed by atoms with Crippen LogP contribution in [0, 0.1) is 11.7 Å². The summed E-state index contributed by atoms with van der Waals surface area (Å²) in [5.41, 5.74) is 1.57. The Morgan fingerprint density at radius 2 is 1.92 bits per heavy atom. The average Bonchev–Trinajstić information content (AvgIpc) is 3.04. The first-order valence-electron chi connectivity index (χ1n) is 7.81. The van der Waals surface area contributed by atoms with E-state index in [1.54, 1.807) is 24.7 Å². The molecule has 24 heavy (non-hydrogen) atoms. The van der Waals surface area contributed by atoms with Crippen LogP contribution in [-0.2, 0) is 13.0 Å². The predicted octanol–water partition coefficient (Wildman–Crippen LogP) is 2.34. The van der Waals surface area contributed by atoms with Gasteiger partial charge in [-0.25, -0.2) is 4.39 Å². The van der Waals surface area contributed by atoms with Gasteiger partial charge in [0.1, 0.15) is 5.82 Å². The number of nitrogens with zero attached hydrogens (tertiary/aromatic N) is 5. The molecule has 122 valence electrons. The maximum absolute atomic E-state index is 13.6. The molecular weight excluding hydrogens is 309 g/mol. The van der Waals surface area contributed by atoms with Gasteiger partial charge in [0.2, 0.25) is 11.7 Å². The third kappa shape index (κ3) is 3.16. The van der Waals surface area contributed by atoms with Gasteiger partial charge in [-0.1, -0.05) is 5.16 Å². The van der Waals surface area contributed by atoms with Crippen LogP contribution in [0.15, 0.2) is 47.5 Å². The molecule has 0 aliphatic carbocycles. The van der Waals surface area contributed by atoms with E-state index >= 15 is 0 Å². The molecule has 1 fully saturated rings. The molecule has 0 saturated carbocycles. The number of hydrogen-bond donors (Lipinski definition) is 0. The minimum Gasteiger partial charge on any atom is -0.339 e. The molecule has 0 spiro atoms. The minimum atomic E-state index is -0.250. The number of aromatic nitrogens is 4. The third-order valence-electron chi connectivity index (χ3n) is 4.15.